The number of methoxy groups -OCH3 is 1. The lowest BCUT2D eigenvalue weighted by Gasteiger charge is -2.10. The molecule has 0 radical (unpaired) electrons. The Labute approximate surface area is 90.8 Å². The van der Waals surface area contributed by atoms with E-state index in [1.165, 1.54) is 0 Å². The van der Waals surface area contributed by atoms with Crippen LogP contribution >= 0.6 is 0 Å². The van der Waals surface area contributed by atoms with Crippen LogP contribution in [0.5, 0.6) is 5.75 Å². The molecule has 0 aromatic carbocycles. The first kappa shape index (κ1) is 11.8. The predicted octanol–water partition coefficient (Wildman–Crippen LogP) is 1.63. The Bertz CT molecular complexity index is 274. The smallest absolute Gasteiger partial charge is 0.137 e. The number of ether oxygens (including phenoxy) is 1. The fraction of sp³-hybridized carbons (Fsp3) is 0.545. The maximum Gasteiger partial charge on any atom is 0.137 e. The monoisotopic (exact) mass is 209 g/mol. The molecule has 1 heterocycles. The van der Waals surface area contributed by atoms with Gasteiger partial charge in [0, 0.05) is 12.6 Å². The first-order valence-electron chi connectivity index (χ1n) is 5.25. The summed E-state index contributed by atoms with van der Waals surface area (Å²) in [6, 6.07) is 4.06. The maximum atomic E-state index is 5.80. The van der Waals surface area contributed by atoms with Crippen LogP contribution in [0.3, 0.4) is 0 Å². The Hall–Kier alpha value is -1.29. The Morgan fingerprint density at radius 1 is 1.53 bits per heavy atom. The molecule has 0 amide bonds. The van der Waals surface area contributed by atoms with Gasteiger partial charge in [0.1, 0.15) is 11.6 Å². The summed E-state index contributed by atoms with van der Waals surface area (Å²) in [6.07, 6.45) is 3.67. The number of nitrogens with two attached hydrogens (primary N) is 1. The third-order valence-corrected chi connectivity index (χ3v) is 2.32. The molecular formula is C11H19N3O. The van der Waals surface area contributed by atoms with Gasteiger partial charge in [-0.1, -0.05) is 6.92 Å². The second-order valence-electron chi connectivity index (χ2n) is 3.47. The average Bonchev–Trinajstić information content (AvgIpc) is 2.29. The fourth-order valence-corrected chi connectivity index (χ4v) is 1.20. The summed E-state index contributed by atoms with van der Waals surface area (Å²) in [5.74, 6) is 1.63. The van der Waals surface area contributed by atoms with Gasteiger partial charge in [-0.3, -0.25) is 0 Å². The molecule has 1 aromatic rings. The van der Waals surface area contributed by atoms with E-state index >= 15 is 0 Å². The van der Waals surface area contributed by atoms with Crippen molar-refractivity contribution >= 4 is 5.82 Å². The van der Waals surface area contributed by atoms with Gasteiger partial charge in [-0.25, -0.2) is 4.98 Å². The molecule has 15 heavy (non-hydrogen) atoms. The zero-order valence-electron chi connectivity index (χ0n) is 9.36. The molecule has 4 heteroatoms. The van der Waals surface area contributed by atoms with Gasteiger partial charge in [0.15, 0.2) is 0 Å². The maximum absolute atomic E-state index is 5.80. The largest absolute Gasteiger partial charge is 0.495 e. The van der Waals surface area contributed by atoms with Gasteiger partial charge < -0.3 is 15.8 Å². The molecule has 1 atom stereocenters. The summed E-state index contributed by atoms with van der Waals surface area (Å²) in [6.45, 7) is 2.95. The van der Waals surface area contributed by atoms with E-state index in [2.05, 4.69) is 17.2 Å². The molecule has 1 rings (SSSR count). The molecule has 0 bridgehead atoms. The van der Waals surface area contributed by atoms with E-state index in [0.29, 0.717) is 0 Å². The molecule has 0 saturated heterocycles. The Kier molecular flexibility index (Phi) is 4.90. The number of rotatable bonds is 6. The normalized spacial score (nSPS) is 12.2. The first-order valence-corrected chi connectivity index (χ1v) is 5.25. The van der Waals surface area contributed by atoms with Crippen LogP contribution in [0.4, 0.5) is 5.82 Å². The molecule has 0 aliphatic rings. The second kappa shape index (κ2) is 6.24. The number of hydrogen-bond acceptors (Lipinski definition) is 4. The van der Waals surface area contributed by atoms with Crippen molar-refractivity contribution < 1.29 is 4.74 Å². The number of anilines is 1. The Morgan fingerprint density at radius 3 is 2.87 bits per heavy atom. The highest BCUT2D eigenvalue weighted by molar-refractivity contribution is 5.37. The van der Waals surface area contributed by atoms with Crippen molar-refractivity contribution in [1.29, 1.82) is 0 Å². The van der Waals surface area contributed by atoms with E-state index in [0.717, 1.165) is 31.0 Å². The van der Waals surface area contributed by atoms with Crippen molar-refractivity contribution in [3.05, 3.63) is 18.3 Å². The second-order valence-corrected chi connectivity index (χ2v) is 3.47. The first-order chi connectivity index (χ1) is 7.26. The van der Waals surface area contributed by atoms with Crippen LogP contribution in [0, 0.1) is 0 Å². The van der Waals surface area contributed by atoms with E-state index in [4.69, 9.17) is 10.5 Å². The van der Waals surface area contributed by atoms with Crippen LogP contribution in [-0.4, -0.2) is 24.7 Å². The number of pyridine rings is 1. The third kappa shape index (κ3) is 4.16. The lowest BCUT2D eigenvalue weighted by atomic mass is 10.2. The van der Waals surface area contributed by atoms with Gasteiger partial charge in [0.2, 0.25) is 0 Å². The van der Waals surface area contributed by atoms with Crippen molar-refractivity contribution in [3.8, 4) is 5.75 Å². The van der Waals surface area contributed by atoms with E-state index in [1.54, 1.807) is 13.3 Å². The summed E-state index contributed by atoms with van der Waals surface area (Å²) in [5, 5.41) is 3.21. The van der Waals surface area contributed by atoms with Gasteiger partial charge in [0.25, 0.3) is 0 Å². The van der Waals surface area contributed by atoms with Crippen LogP contribution in [0.1, 0.15) is 19.8 Å². The number of hydrogen-bond donors (Lipinski definition) is 2. The lowest BCUT2D eigenvalue weighted by Crippen LogP contribution is -2.22. The molecule has 0 aliphatic heterocycles. The highest BCUT2D eigenvalue weighted by Crippen LogP contribution is 2.11. The molecule has 1 unspecified atom stereocenters. The van der Waals surface area contributed by atoms with Gasteiger partial charge in [-0.15, -0.1) is 0 Å². The zero-order valence-corrected chi connectivity index (χ0v) is 9.36. The molecule has 3 N–H and O–H groups in total. The Morgan fingerprint density at radius 2 is 2.33 bits per heavy atom. The van der Waals surface area contributed by atoms with E-state index in [1.807, 2.05) is 12.1 Å². The van der Waals surface area contributed by atoms with Crippen LogP contribution < -0.4 is 15.8 Å². The van der Waals surface area contributed by atoms with Gasteiger partial charge >= 0.3 is 0 Å². The van der Waals surface area contributed by atoms with Crippen molar-refractivity contribution in [2.75, 3.05) is 19.0 Å². The van der Waals surface area contributed by atoms with Crippen molar-refractivity contribution in [2.45, 2.75) is 25.8 Å². The highest BCUT2D eigenvalue weighted by Gasteiger charge is 1.99. The number of nitrogens with one attached hydrogen (secondary N) is 1. The summed E-state index contributed by atoms with van der Waals surface area (Å²) in [7, 11) is 1.63. The number of nitrogens with zero attached hydrogens (tertiary/aromatic N) is 1. The van der Waals surface area contributed by atoms with E-state index in [-0.39, 0.29) is 6.04 Å². The van der Waals surface area contributed by atoms with Gasteiger partial charge in [-0.2, -0.15) is 0 Å². The average molecular weight is 209 g/mol. The molecule has 84 valence electrons. The molecule has 0 aliphatic carbocycles. The van der Waals surface area contributed by atoms with Gasteiger partial charge in [-0.05, 0) is 25.0 Å². The van der Waals surface area contributed by atoms with E-state index in [9.17, 15) is 0 Å². The quantitative estimate of drug-likeness (QED) is 0.747. The minimum absolute atomic E-state index is 0.274. The highest BCUT2D eigenvalue weighted by atomic mass is 16.5. The molecule has 4 nitrogen and oxygen atoms in total. The topological polar surface area (TPSA) is 60.2 Å². The van der Waals surface area contributed by atoms with Crippen LogP contribution in [0.15, 0.2) is 18.3 Å². The van der Waals surface area contributed by atoms with Crippen molar-refractivity contribution in [1.82, 2.24) is 4.98 Å². The number of aromatic nitrogens is 1. The fourth-order valence-electron chi connectivity index (χ4n) is 1.20. The van der Waals surface area contributed by atoms with Crippen LogP contribution in [0.2, 0.25) is 0 Å². The standard InChI is InChI=1S/C11H19N3O/c1-3-9(12)6-7-13-11-5-4-10(15-2)8-14-11/h4-5,8-9H,3,6-7,12H2,1-2H3,(H,13,14). The summed E-state index contributed by atoms with van der Waals surface area (Å²) in [5.41, 5.74) is 5.80. The minimum atomic E-state index is 0.274. The van der Waals surface area contributed by atoms with Crippen LogP contribution in [0.25, 0.3) is 0 Å². The zero-order chi connectivity index (χ0) is 11.1. The summed E-state index contributed by atoms with van der Waals surface area (Å²) < 4.78 is 5.02. The lowest BCUT2D eigenvalue weighted by molar-refractivity contribution is 0.413. The van der Waals surface area contributed by atoms with Crippen molar-refractivity contribution in [3.63, 3.8) is 0 Å². The summed E-state index contributed by atoms with van der Waals surface area (Å²) in [4.78, 5) is 4.20. The third-order valence-electron chi connectivity index (χ3n) is 2.32. The predicted molar refractivity (Wildman–Crippen MR) is 62.2 cm³/mol. The molecule has 0 saturated carbocycles. The van der Waals surface area contributed by atoms with E-state index < -0.39 is 0 Å². The molecule has 0 fully saturated rings. The Balaban J connectivity index is 2.31. The molecule has 1 aromatic heterocycles. The summed E-state index contributed by atoms with van der Waals surface area (Å²) >= 11 is 0. The van der Waals surface area contributed by atoms with Crippen molar-refractivity contribution in [2.24, 2.45) is 5.73 Å². The van der Waals surface area contributed by atoms with Gasteiger partial charge in [0.05, 0.1) is 13.3 Å². The van der Waals surface area contributed by atoms with Crippen LogP contribution in [-0.2, 0) is 0 Å². The molecular weight excluding hydrogens is 190 g/mol. The SMILES string of the molecule is CCC(N)CCNc1ccc(OC)cn1. The minimum Gasteiger partial charge on any atom is -0.495 e. The molecule has 0 spiro atoms.